The SMILES string of the molecule is CC(C(C)[C@@H]1NC(=O)[C@@H](CC(=O)O)C[C@@H]1c1cccc(Cl)c1)C(c1ccc(Cl)cc1)N1CCOC[C@H]1C. The second-order valence-corrected chi connectivity index (χ2v) is 11.5. The van der Waals surface area contributed by atoms with Gasteiger partial charge in [0.2, 0.25) is 5.91 Å². The molecular formula is C29H36Cl2N2O4. The van der Waals surface area contributed by atoms with Crippen LogP contribution in [-0.4, -0.2) is 53.7 Å². The number of hydrogen-bond donors (Lipinski definition) is 2. The number of carbonyl (C=O) groups is 2. The minimum absolute atomic E-state index is 0.0498. The molecule has 2 heterocycles. The van der Waals surface area contributed by atoms with Crippen LogP contribution in [0.2, 0.25) is 10.0 Å². The zero-order chi connectivity index (χ0) is 26.7. The van der Waals surface area contributed by atoms with E-state index < -0.39 is 11.9 Å². The molecule has 0 aliphatic carbocycles. The minimum Gasteiger partial charge on any atom is -0.481 e. The third kappa shape index (κ3) is 6.48. The van der Waals surface area contributed by atoms with Gasteiger partial charge in [0.25, 0.3) is 0 Å². The second kappa shape index (κ2) is 12.2. The third-order valence-corrected chi connectivity index (χ3v) is 8.72. The molecule has 6 nitrogen and oxygen atoms in total. The topological polar surface area (TPSA) is 78.9 Å². The quantitative estimate of drug-likeness (QED) is 0.438. The Balaban J connectivity index is 1.69. The number of carbonyl (C=O) groups excluding carboxylic acids is 1. The van der Waals surface area contributed by atoms with Gasteiger partial charge in [0.15, 0.2) is 0 Å². The van der Waals surface area contributed by atoms with Crippen molar-refractivity contribution >= 4 is 35.1 Å². The zero-order valence-electron chi connectivity index (χ0n) is 21.6. The maximum Gasteiger partial charge on any atom is 0.304 e. The largest absolute Gasteiger partial charge is 0.481 e. The van der Waals surface area contributed by atoms with Crippen molar-refractivity contribution in [2.45, 2.75) is 57.7 Å². The molecule has 3 unspecified atom stereocenters. The van der Waals surface area contributed by atoms with E-state index in [1.54, 1.807) is 0 Å². The van der Waals surface area contributed by atoms with Gasteiger partial charge in [-0.25, -0.2) is 0 Å². The van der Waals surface area contributed by atoms with Gasteiger partial charge in [-0.1, -0.05) is 61.3 Å². The lowest BCUT2D eigenvalue weighted by Crippen LogP contribution is -2.55. The van der Waals surface area contributed by atoms with Gasteiger partial charge in [0.05, 0.1) is 19.6 Å². The molecule has 0 bridgehead atoms. The molecule has 200 valence electrons. The number of morpholine rings is 1. The number of hydrogen-bond acceptors (Lipinski definition) is 4. The smallest absolute Gasteiger partial charge is 0.304 e. The summed E-state index contributed by atoms with van der Waals surface area (Å²) < 4.78 is 5.74. The summed E-state index contributed by atoms with van der Waals surface area (Å²) in [5.41, 5.74) is 2.21. The molecule has 2 saturated heterocycles. The summed E-state index contributed by atoms with van der Waals surface area (Å²) >= 11 is 12.6. The highest BCUT2D eigenvalue weighted by Crippen LogP contribution is 2.43. The first-order chi connectivity index (χ1) is 17.7. The van der Waals surface area contributed by atoms with Crippen molar-refractivity contribution in [3.05, 3.63) is 69.7 Å². The second-order valence-electron chi connectivity index (χ2n) is 10.6. The highest BCUT2D eigenvalue weighted by atomic mass is 35.5. The lowest BCUT2D eigenvalue weighted by molar-refractivity contribution is -0.142. The monoisotopic (exact) mass is 546 g/mol. The number of nitrogens with one attached hydrogen (secondary N) is 1. The molecule has 2 aliphatic heterocycles. The van der Waals surface area contributed by atoms with Gasteiger partial charge in [0, 0.05) is 46.6 Å². The fraction of sp³-hybridized carbons (Fsp3) is 0.517. The van der Waals surface area contributed by atoms with Gasteiger partial charge < -0.3 is 15.2 Å². The summed E-state index contributed by atoms with van der Waals surface area (Å²) in [6, 6.07) is 15.9. The molecule has 0 saturated carbocycles. The van der Waals surface area contributed by atoms with Crippen molar-refractivity contribution < 1.29 is 19.4 Å². The van der Waals surface area contributed by atoms with Gasteiger partial charge in [-0.15, -0.1) is 0 Å². The van der Waals surface area contributed by atoms with Gasteiger partial charge >= 0.3 is 5.97 Å². The van der Waals surface area contributed by atoms with E-state index in [0.29, 0.717) is 29.7 Å². The summed E-state index contributed by atoms with van der Waals surface area (Å²) in [6.07, 6.45) is 0.290. The lowest BCUT2D eigenvalue weighted by Gasteiger charge is -2.47. The van der Waals surface area contributed by atoms with Crippen molar-refractivity contribution in [3.8, 4) is 0 Å². The fourth-order valence-corrected chi connectivity index (χ4v) is 6.46. The van der Waals surface area contributed by atoms with Crippen molar-refractivity contribution in [1.29, 1.82) is 0 Å². The third-order valence-electron chi connectivity index (χ3n) is 8.23. The molecule has 37 heavy (non-hydrogen) atoms. The molecule has 0 spiro atoms. The number of carboxylic acids is 1. The Morgan fingerprint density at radius 3 is 2.54 bits per heavy atom. The molecule has 2 N–H and O–H groups in total. The Kier molecular flexibility index (Phi) is 9.17. The molecule has 1 amide bonds. The predicted octanol–water partition coefficient (Wildman–Crippen LogP) is 5.79. The van der Waals surface area contributed by atoms with E-state index in [9.17, 15) is 14.7 Å². The normalized spacial score (nSPS) is 27.2. The van der Waals surface area contributed by atoms with Crippen LogP contribution in [0.15, 0.2) is 48.5 Å². The van der Waals surface area contributed by atoms with E-state index in [0.717, 1.165) is 12.1 Å². The van der Waals surface area contributed by atoms with Crippen molar-refractivity contribution in [2.75, 3.05) is 19.8 Å². The molecular weight excluding hydrogens is 511 g/mol. The van der Waals surface area contributed by atoms with Gasteiger partial charge in [-0.05, 0) is 60.6 Å². The van der Waals surface area contributed by atoms with Crippen LogP contribution in [0.4, 0.5) is 0 Å². The standard InChI is InChI=1S/C29H36Cl2N2O4/c1-17-16-37-12-11-33(17)28(20-7-9-23(30)10-8-20)19(3)18(2)27-25(21-5-4-6-24(31)13-21)14-22(15-26(34)35)29(36)32-27/h4-10,13,17-19,22,25,27-28H,11-12,14-16H2,1-3H3,(H,32,36)(H,34,35)/t17-,18?,19?,22-,25-,27+,28?/m1/s1. The van der Waals surface area contributed by atoms with Crippen LogP contribution in [0, 0.1) is 17.8 Å². The van der Waals surface area contributed by atoms with Gasteiger partial charge in [0.1, 0.15) is 0 Å². The highest BCUT2D eigenvalue weighted by Gasteiger charge is 2.44. The van der Waals surface area contributed by atoms with Gasteiger partial charge in [-0.3, -0.25) is 14.5 Å². The van der Waals surface area contributed by atoms with Gasteiger partial charge in [-0.2, -0.15) is 0 Å². The average Bonchev–Trinajstić information content (AvgIpc) is 2.86. The lowest BCUT2D eigenvalue weighted by atomic mass is 9.69. The summed E-state index contributed by atoms with van der Waals surface area (Å²) in [7, 11) is 0. The van der Waals surface area contributed by atoms with Crippen molar-refractivity contribution in [3.63, 3.8) is 0 Å². The van der Waals surface area contributed by atoms with Crippen LogP contribution in [-0.2, 0) is 14.3 Å². The van der Waals surface area contributed by atoms with Crippen LogP contribution in [0.25, 0.3) is 0 Å². The van der Waals surface area contributed by atoms with Crippen molar-refractivity contribution in [1.82, 2.24) is 10.2 Å². The molecule has 4 rings (SSSR count). The highest BCUT2D eigenvalue weighted by molar-refractivity contribution is 6.30. The number of carboxylic acid groups (broad SMARTS) is 1. The number of nitrogens with zero attached hydrogens (tertiary/aromatic N) is 1. The first-order valence-electron chi connectivity index (χ1n) is 13.0. The number of piperidine rings is 1. The van der Waals surface area contributed by atoms with Crippen LogP contribution in [0.5, 0.6) is 0 Å². The Labute approximate surface area is 229 Å². The van der Waals surface area contributed by atoms with E-state index in [2.05, 4.69) is 43.1 Å². The van der Waals surface area contributed by atoms with Crippen LogP contribution >= 0.6 is 23.2 Å². The molecule has 0 aromatic heterocycles. The summed E-state index contributed by atoms with van der Waals surface area (Å²) in [4.78, 5) is 27.1. The Morgan fingerprint density at radius 1 is 1.16 bits per heavy atom. The number of aliphatic carboxylic acids is 1. The first-order valence-corrected chi connectivity index (χ1v) is 13.8. The Morgan fingerprint density at radius 2 is 1.89 bits per heavy atom. The summed E-state index contributed by atoms with van der Waals surface area (Å²) in [5, 5.41) is 14.0. The number of ether oxygens (including phenoxy) is 1. The molecule has 0 radical (unpaired) electrons. The molecule has 7 atom stereocenters. The molecule has 2 fully saturated rings. The zero-order valence-corrected chi connectivity index (χ0v) is 23.1. The number of amides is 1. The number of benzene rings is 2. The van der Waals surface area contributed by atoms with E-state index in [-0.39, 0.29) is 48.2 Å². The first kappa shape index (κ1) is 27.9. The Bertz CT molecular complexity index is 1100. The van der Waals surface area contributed by atoms with E-state index >= 15 is 0 Å². The Hall–Kier alpha value is -2.12. The number of rotatable bonds is 8. The minimum atomic E-state index is -0.964. The molecule has 8 heteroatoms. The van der Waals surface area contributed by atoms with E-state index in [1.807, 2.05) is 36.4 Å². The average molecular weight is 548 g/mol. The molecule has 2 aromatic carbocycles. The van der Waals surface area contributed by atoms with E-state index in [1.165, 1.54) is 5.56 Å². The summed E-state index contributed by atoms with van der Waals surface area (Å²) in [5.74, 6) is -1.54. The fourth-order valence-electron chi connectivity index (χ4n) is 6.13. The maximum absolute atomic E-state index is 13.1. The summed E-state index contributed by atoms with van der Waals surface area (Å²) in [6.45, 7) is 8.80. The predicted molar refractivity (Wildman–Crippen MR) is 146 cm³/mol. The number of halogens is 2. The van der Waals surface area contributed by atoms with Crippen LogP contribution < -0.4 is 5.32 Å². The molecule has 2 aliphatic rings. The van der Waals surface area contributed by atoms with Crippen LogP contribution in [0.1, 0.15) is 56.7 Å². The van der Waals surface area contributed by atoms with Crippen molar-refractivity contribution in [2.24, 2.45) is 17.8 Å². The van der Waals surface area contributed by atoms with Crippen LogP contribution in [0.3, 0.4) is 0 Å². The maximum atomic E-state index is 13.1. The van der Waals surface area contributed by atoms with E-state index in [4.69, 9.17) is 27.9 Å². The molecule has 2 aromatic rings.